The summed E-state index contributed by atoms with van der Waals surface area (Å²) in [7, 11) is 0. The molecule has 1 N–H and O–H groups in total. The molecule has 0 aliphatic carbocycles. The van der Waals surface area contributed by atoms with Crippen LogP contribution in [0.1, 0.15) is 5.56 Å². The highest BCUT2D eigenvalue weighted by molar-refractivity contribution is 6.32. The lowest BCUT2D eigenvalue weighted by atomic mass is 10.1. The smallest absolute Gasteiger partial charge is 0.418 e. The Balaban J connectivity index is 1.88. The molecule has 144 valence electrons. The molecule has 0 aliphatic rings. The van der Waals surface area contributed by atoms with Crippen LogP contribution in [0, 0.1) is 0 Å². The fourth-order valence-corrected chi connectivity index (χ4v) is 2.29. The summed E-state index contributed by atoms with van der Waals surface area (Å²) in [5.41, 5.74) is -1.61. The maximum atomic E-state index is 13.0. The predicted octanol–water partition coefficient (Wildman–Crippen LogP) is 4.57. The summed E-state index contributed by atoms with van der Waals surface area (Å²) in [5, 5.41) is 2.17. The number of nitrogens with one attached hydrogen (secondary N) is 1. The minimum atomic E-state index is -4.72. The number of ether oxygens (including phenoxy) is 2. The van der Waals surface area contributed by atoms with Gasteiger partial charge < -0.3 is 14.8 Å². The second-order valence-corrected chi connectivity index (χ2v) is 5.96. The van der Waals surface area contributed by atoms with E-state index in [9.17, 15) is 22.8 Å². The van der Waals surface area contributed by atoms with Gasteiger partial charge in [0.05, 0.1) is 16.3 Å². The van der Waals surface area contributed by atoms with E-state index in [-0.39, 0.29) is 15.8 Å². The number of carbonyl (C=O) groups excluding carboxylic acids is 2. The number of halogens is 5. The summed E-state index contributed by atoms with van der Waals surface area (Å²) in [4.78, 5) is 23.3. The van der Waals surface area contributed by atoms with E-state index < -0.39 is 42.5 Å². The number of esters is 1. The topological polar surface area (TPSA) is 64.6 Å². The SMILES string of the molecule is O=C(COC(=O)COc1ccccc1Cl)Nc1ccc(Cl)cc1C(F)(F)F. The molecule has 0 aliphatic heterocycles. The third-order valence-corrected chi connectivity index (χ3v) is 3.65. The van der Waals surface area contributed by atoms with Crippen molar-refractivity contribution in [2.24, 2.45) is 0 Å². The van der Waals surface area contributed by atoms with Crippen molar-refractivity contribution in [3.8, 4) is 5.75 Å². The molecular weight excluding hydrogens is 410 g/mol. The molecule has 0 atom stereocenters. The molecule has 10 heteroatoms. The summed E-state index contributed by atoms with van der Waals surface area (Å²) in [5.74, 6) is -1.59. The first kappa shape index (κ1) is 20.9. The first-order valence-corrected chi connectivity index (χ1v) is 8.12. The van der Waals surface area contributed by atoms with Crippen LogP contribution >= 0.6 is 23.2 Å². The Morgan fingerprint density at radius 2 is 1.74 bits per heavy atom. The zero-order valence-corrected chi connectivity index (χ0v) is 15.0. The zero-order valence-electron chi connectivity index (χ0n) is 13.5. The van der Waals surface area contributed by atoms with E-state index in [2.05, 4.69) is 4.74 Å². The first-order valence-electron chi connectivity index (χ1n) is 7.36. The average molecular weight is 422 g/mol. The van der Waals surface area contributed by atoms with E-state index in [1.165, 1.54) is 12.1 Å². The molecule has 0 saturated heterocycles. The molecule has 2 aromatic rings. The van der Waals surface area contributed by atoms with Gasteiger partial charge in [0, 0.05) is 5.02 Å². The van der Waals surface area contributed by atoms with Crippen molar-refractivity contribution in [2.75, 3.05) is 18.5 Å². The number of amides is 1. The lowest BCUT2D eigenvalue weighted by Gasteiger charge is -2.14. The van der Waals surface area contributed by atoms with Crippen molar-refractivity contribution in [2.45, 2.75) is 6.18 Å². The van der Waals surface area contributed by atoms with Gasteiger partial charge in [0.15, 0.2) is 13.2 Å². The van der Waals surface area contributed by atoms with Crippen molar-refractivity contribution in [3.05, 3.63) is 58.1 Å². The van der Waals surface area contributed by atoms with Crippen LogP contribution in [0.5, 0.6) is 5.75 Å². The molecule has 0 radical (unpaired) electrons. The summed E-state index contributed by atoms with van der Waals surface area (Å²) in [6.07, 6.45) is -4.72. The molecule has 27 heavy (non-hydrogen) atoms. The van der Waals surface area contributed by atoms with E-state index in [4.69, 9.17) is 27.9 Å². The molecule has 0 fully saturated rings. The molecule has 0 heterocycles. The number of hydrogen-bond donors (Lipinski definition) is 1. The van der Waals surface area contributed by atoms with Crippen LogP contribution in [0.3, 0.4) is 0 Å². The predicted molar refractivity (Wildman–Crippen MR) is 93.0 cm³/mol. The molecule has 2 rings (SSSR count). The number of alkyl halides is 3. The molecule has 0 saturated carbocycles. The fourth-order valence-electron chi connectivity index (χ4n) is 1.93. The van der Waals surface area contributed by atoms with Crippen molar-refractivity contribution in [1.29, 1.82) is 0 Å². The van der Waals surface area contributed by atoms with Gasteiger partial charge in [0.1, 0.15) is 5.75 Å². The largest absolute Gasteiger partial charge is 0.480 e. The Kier molecular flexibility index (Phi) is 6.92. The lowest BCUT2D eigenvalue weighted by molar-refractivity contribution is -0.149. The number of benzene rings is 2. The number of hydrogen-bond acceptors (Lipinski definition) is 4. The number of rotatable bonds is 6. The third-order valence-electron chi connectivity index (χ3n) is 3.11. The maximum absolute atomic E-state index is 13.0. The second kappa shape index (κ2) is 8.96. The molecule has 2 aromatic carbocycles. The van der Waals surface area contributed by atoms with Crippen LogP contribution in [-0.4, -0.2) is 25.1 Å². The Morgan fingerprint density at radius 1 is 1.04 bits per heavy atom. The molecular formula is C17H12Cl2F3NO4. The van der Waals surface area contributed by atoms with Crippen LogP contribution in [-0.2, 0) is 20.5 Å². The van der Waals surface area contributed by atoms with Gasteiger partial charge in [0.2, 0.25) is 0 Å². The minimum absolute atomic E-state index is 0.136. The monoisotopic (exact) mass is 421 g/mol. The Hall–Kier alpha value is -2.45. The van der Waals surface area contributed by atoms with Crippen LogP contribution in [0.2, 0.25) is 10.0 Å². The van der Waals surface area contributed by atoms with Gasteiger partial charge in [-0.3, -0.25) is 4.79 Å². The summed E-state index contributed by atoms with van der Waals surface area (Å²) in [6.45, 7) is -1.31. The zero-order chi connectivity index (χ0) is 20.0. The first-order chi connectivity index (χ1) is 12.7. The van der Waals surface area contributed by atoms with Gasteiger partial charge in [-0.25, -0.2) is 4.79 Å². The van der Waals surface area contributed by atoms with E-state index in [0.717, 1.165) is 6.07 Å². The van der Waals surface area contributed by atoms with Crippen molar-refractivity contribution >= 4 is 40.8 Å². The average Bonchev–Trinajstić information content (AvgIpc) is 2.60. The van der Waals surface area contributed by atoms with Gasteiger partial charge in [-0.2, -0.15) is 13.2 Å². The van der Waals surface area contributed by atoms with Gasteiger partial charge >= 0.3 is 12.1 Å². The molecule has 0 spiro atoms. The van der Waals surface area contributed by atoms with Crippen molar-refractivity contribution in [3.63, 3.8) is 0 Å². The highest BCUT2D eigenvalue weighted by Crippen LogP contribution is 2.36. The lowest BCUT2D eigenvalue weighted by Crippen LogP contribution is -2.24. The van der Waals surface area contributed by atoms with E-state index in [1.807, 2.05) is 5.32 Å². The summed E-state index contributed by atoms with van der Waals surface area (Å²) >= 11 is 11.4. The van der Waals surface area contributed by atoms with Crippen molar-refractivity contribution in [1.82, 2.24) is 0 Å². The van der Waals surface area contributed by atoms with Gasteiger partial charge in [0.25, 0.3) is 5.91 Å². The van der Waals surface area contributed by atoms with Crippen LogP contribution < -0.4 is 10.1 Å². The number of carbonyl (C=O) groups is 2. The third kappa shape index (κ3) is 6.33. The van der Waals surface area contributed by atoms with Gasteiger partial charge in [-0.1, -0.05) is 35.3 Å². The second-order valence-electron chi connectivity index (χ2n) is 5.12. The number of anilines is 1. The summed E-state index contributed by atoms with van der Waals surface area (Å²) in [6, 6.07) is 9.28. The molecule has 0 aromatic heterocycles. The number of para-hydroxylation sites is 1. The van der Waals surface area contributed by atoms with Crippen molar-refractivity contribution < 1.29 is 32.2 Å². The maximum Gasteiger partial charge on any atom is 0.418 e. The van der Waals surface area contributed by atoms with Crippen LogP contribution in [0.4, 0.5) is 18.9 Å². The highest BCUT2D eigenvalue weighted by atomic mass is 35.5. The van der Waals surface area contributed by atoms with Gasteiger partial charge in [-0.05, 0) is 30.3 Å². The quantitative estimate of drug-likeness (QED) is 0.693. The fraction of sp³-hybridized carbons (Fsp3) is 0.176. The Bertz CT molecular complexity index is 843. The Morgan fingerprint density at radius 3 is 2.41 bits per heavy atom. The van der Waals surface area contributed by atoms with Crippen LogP contribution in [0.15, 0.2) is 42.5 Å². The highest BCUT2D eigenvalue weighted by Gasteiger charge is 2.34. The molecule has 0 bridgehead atoms. The van der Waals surface area contributed by atoms with Gasteiger partial charge in [-0.15, -0.1) is 0 Å². The molecule has 0 unspecified atom stereocenters. The Labute approximate surface area is 162 Å². The van der Waals surface area contributed by atoms with Crippen LogP contribution in [0.25, 0.3) is 0 Å². The van der Waals surface area contributed by atoms with E-state index in [0.29, 0.717) is 6.07 Å². The minimum Gasteiger partial charge on any atom is -0.480 e. The van der Waals surface area contributed by atoms with E-state index >= 15 is 0 Å². The standard InChI is InChI=1S/C17H12Cl2F3NO4/c18-10-5-6-13(11(7-10)17(20,21)22)23-15(24)8-27-16(25)9-26-14-4-2-1-3-12(14)19/h1-7H,8-9H2,(H,23,24). The summed E-state index contributed by atoms with van der Waals surface area (Å²) < 4.78 is 48.7. The van der Waals surface area contributed by atoms with E-state index in [1.54, 1.807) is 18.2 Å². The molecule has 5 nitrogen and oxygen atoms in total. The molecule has 1 amide bonds. The normalized spacial score (nSPS) is 11.0.